The van der Waals surface area contributed by atoms with Crippen molar-refractivity contribution >= 4 is 23.2 Å². The molecule has 25 heavy (non-hydrogen) atoms. The topological polar surface area (TPSA) is 94.2 Å². The molecule has 3 aromatic rings. The van der Waals surface area contributed by atoms with Gasteiger partial charge in [0, 0.05) is 0 Å². The highest BCUT2D eigenvalue weighted by Gasteiger charge is 2.24. The summed E-state index contributed by atoms with van der Waals surface area (Å²) in [5, 5.41) is 20.7. The molecule has 0 spiro atoms. The molecule has 7 heteroatoms. The molecule has 3 rings (SSSR count). The molecular weight excluding hydrogens is 324 g/mol. The van der Waals surface area contributed by atoms with Crippen LogP contribution in [0.2, 0.25) is 0 Å². The van der Waals surface area contributed by atoms with Gasteiger partial charge in [-0.3, -0.25) is 20.0 Å². The first-order valence-corrected chi connectivity index (χ1v) is 7.34. The van der Waals surface area contributed by atoms with Crippen LogP contribution in [-0.2, 0) is 0 Å². The Labute approximate surface area is 142 Å². The van der Waals surface area contributed by atoms with Crippen molar-refractivity contribution in [1.29, 1.82) is 0 Å². The number of furan rings is 1. The fraction of sp³-hybridized carbons (Fsp3) is 0. The molecule has 2 aromatic carbocycles. The first-order valence-electron chi connectivity index (χ1n) is 7.34. The summed E-state index contributed by atoms with van der Waals surface area (Å²) in [6.45, 7) is 0. The van der Waals surface area contributed by atoms with Crippen molar-refractivity contribution in [1.82, 2.24) is 0 Å². The van der Waals surface area contributed by atoms with Crippen LogP contribution in [0.25, 0.3) is 0 Å². The van der Waals surface area contributed by atoms with Gasteiger partial charge in [0.15, 0.2) is 11.5 Å². The maximum absolute atomic E-state index is 12.2. The molecular formula is C18H14N2O5. The zero-order valence-electron chi connectivity index (χ0n) is 12.9. The lowest BCUT2D eigenvalue weighted by Crippen LogP contribution is -2.27. The van der Waals surface area contributed by atoms with Crippen molar-refractivity contribution in [2.75, 3.05) is 10.1 Å². The highest BCUT2D eigenvalue weighted by molar-refractivity contribution is 6.05. The first-order chi connectivity index (χ1) is 12.1. The van der Waals surface area contributed by atoms with Crippen molar-refractivity contribution in [2.24, 2.45) is 0 Å². The number of carbonyl (C=O) groups excluding carboxylic acids is 2. The molecule has 7 nitrogen and oxygen atoms in total. The van der Waals surface area contributed by atoms with Gasteiger partial charge in [-0.2, -0.15) is 10.1 Å². The fourth-order valence-corrected chi connectivity index (χ4v) is 2.15. The number of anilines is 2. The second-order valence-electron chi connectivity index (χ2n) is 5.07. The monoisotopic (exact) mass is 338 g/mol. The van der Waals surface area contributed by atoms with Crippen molar-refractivity contribution in [3.63, 3.8) is 0 Å². The molecule has 1 aromatic heterocycles. The number of benzene rings is 2. The highest BCUT2D eigenvalue weighted by atomic mass is 16.5. The molecule has 0 aliphatic carbocycles. The van der Waals surface area contributed by atoms with Crippen LogP contribution in [0.1, 0.15) is 21.1 Å². The van der Waals surface area contributed by atoms with Crippen LogP contribution >= 0.6 is 0 Å². The van der Waals surface area contributed by atoms with Crippen LogP contribution < -0.4 is 10.1 Å². The fourth-order valence-electron chi connectivity index (χ4n) is 2.15. The van der Waals surface area contributed by atoms with Gasteiger partial charge in [-0.1, -0.05) is 36.4 Å². The SMILES string of the molecule is O=C(c1ccc(C(=O)N(O)c2ccccc2)o1)N(O)c1ccccc1. The van der Waals surface area contributed by atoms with Crippen LogP contribution in [0.4, 0.5) is 11.4 Å². The Morgan fingerprint density at radius 1 is 0.640 bits per heavy atom. The normalized spacial score (nSPS) is 10.3. The minimum atomic E-state index is -0.838. The van der Waals surface area contributed by atoms with Gasteiger partial charge < -0.3 is 4.42 Å². The predicted octanol–water partition coefficient (Wildman–Crippen LogP) is 3.35. The minimum Gasteiger partial charge on any atom is -0.446 e. The number of nitrogens with zero attached hydrogens (tertiary/aromatic N) is 2. The van der Waals surface area contributed by atoms with Gasteiger partial charge in [0.25, 0.3) is 0 Å². The molecule has 0 radical (unpaired) electrons. The quantitative estimate of drug-likeness (QED) is 0.562. The van der Waals surface area contributed by atoms with Crippen LogP contribution in [0.15, 0.2) is 77.2 Å². The molecule has 0 fully saturated rings. The van der Waals surface area contributed by atoms with E-state index in [0.29, 0.717) is 10.1 Å². The molecule has 126 valence electrons. The van der Waals surface area contributed by atoms with E-state index in [-0.39, 0.29) is 22.9 Å². The number of carbonyl (C=O) groups is 2. The Morgan fingerprint density at radius 3 is 1.36 bits per heavy atom. The van der Waals surface area contributed by atoms with Crippen LogP contribution in [-0.4, -0.2) is 22.2 Å². The zero-order chi connectivity index (χ0) is 17.8. The van der Waals surface area contributed by atoms with E-state index >= 15 is 0 Å². The van der Waals surface area contributed by atoms with E-state index in [4.69, 9.17) is 4.42 Å². The third-order valence-corrected chi connectivity index (χ3v) is 3.41. The number of hydrogen-bond donors (Lipinski definition) is 2. The standard InChI is InChI=1S/C18H14N2O5/c21-17(19(23)13-7-3-1-4-8-13)15-11-12-16(25-15)18(22)20(24)14-9-5-2-6-10-14/h1-12,23-24H. The summed E-state index contributed by atoms with van der Waals surface area (Å²) in [7, 11) is 0. The van der Waals surface area contributed by atoms with Crippen LogP contribution in [0.3, 0.4) is 0 Å². The molecule has 0 aliphatic heterocycles. The third-order valence-electron chi connectivity index (χ3n) is 3.41. The summed E-state index contributed by atoms with van der Waals surface area (Å²) in [6.07, 6.45) is 0. The average molecular weight is 338 g/mol. The summed E-state index contributed by atoms with van der Waals surface area (Å²) < 4.78 is 5.19. The van der Waals surface area contributed by atoms with Gasteiger partial charge in [-0.05, 0) is 36.4 Å². The molecule has 0 saturated carbocycles. The Morgan fingerprint density at radius 2 is 1.00 bits per heavy atom. The molecule has 0 bridgehead atoms. The Bertz CT molecular complexity index is 805. The van der Waals surface area contributed by atoms with E-state index in [1.54, 1.807) is 36.4 Å². The second kappa shape index (κ2) is 7.00. The molecule has 2 N–H and O–H groups in total. The maximum Gasteiger partial charge on any atom is 0.317 e. The number of hydroxylamine groups is 2. The number of hydrogen-bond acceptors (Lipinski definition) is 5. The summed E-state index contributed by atoms with van der Waals surface area (Å²) in [6, 6.07) is 18.8. The van der Waals surface area contributed by atoms with E-state index in [9.17, 15) is 20.0 Å². The molecule has 2 amide bonds. The second-order valence-corrected chi connectivity index (χ2v) is 5.07. The average Bonchev–Trinajstić information content (AvgIpc) is 3.17. The number of para-hydroxylation sites is 2. The molecule has 0 saturated heterocycles. The van der Waals surface area contributed by atoms with E-state index in [1.165, 1.54) is 36.4 Å². The van der Waals surface area contributed by atoms with Crippen LogP contribution in [0.5, 0.6) is 0 Å². The Balaban J connectivity index is 1.78. The van der Waals surface area contributed by atoms with Crippen molar-refractivity contribution < 1.29 is 24.4 Å². The summed E-state index contributed by atoms with van der Waals surface area (Å²) >= 11 is 0. The lowest BCUT2D eigenvalue weighted by atomic mass is 10.3. The summed E-state index contributed by atoms with van der Waals surface area (Å²) in [5.41, 5.74) is 0.509. The van der Waals surface area contributed by atoms with E-state index in [2.05, 4.69) is 0 Å². The highest BCUT2D eigenvalue weighted by Crippen LogP contribution is 2.19. The molecule has 1 heterocycles. The van der Waals surface area contributed by atoms with E-state index < -0.39 is 11.8 Å². The molecule has 0 atom stereocenters. The third kappa shape index (κ3) is 3.42. The Hall–Kier alpha value is -3.42. The van der Waals surface area contributed by atoms with Crippen molar-refractivity contribution in [3.8, 4) is 0 Å². The van der Waals surface area contributed by atoms with Crippen LogP contribution in [0, 0.1) is 0 Å². The van der Waals surface area contributed by atoms with Crippen molar-refractivity contribution in [2.45, 2.75) is 0 Å². The van der Waals surface area contributed by atoms with Gasteiger partial charge in [-0.15, -0.1) is 0 Å². The smallest absolute Gasteiger partial charge is 0.317 e. The van der Waals surface area contributed by atoms with E-state index in [0.717, 1.165) is 0 Å². The van der Waals surface area contributed by atoms with Gasteiger partial charge in [0.05, 0.1) is 11.4 Å². The minimum absolute atomic E-state index is 0.240. The predicted molar refractivity (Wildman–Crippen MR) is 88.8 cm³/mol. The first kappa shape index (κ1) is 16.4. The maximum atomic E-state index is 12.2. The largest absolute Gasteiger partial charge is 0.446 e. The zero-order valence-corrected chi connectivity index (χ0v) is 12.9. The van der Waals surface area contributed by atoms with Gasteiger partial charge in [0.2, 0.25) is 0 Å². The Kier molecular flexibility index (Phi) is 4.60. The summed E-state index contributed by atoms with van der Waals surface area (Å²) in [5.74, 6) is -2.16. The van der Waals surface area contributed by atoms with Gasteiger partial charge in [-0.25, -0.2) is 0 Å². The lowest BCUT2D eigenvalue weighted by molar-refractivity contribution is 0.0796. The van der Waals surface area contributed by atoms with Gasteiger partial charge >= 0.3 is 11.8 Å². The number of amides is 2. The number of rotatable bonds is 4. The molecule has 0 aliphatic rings. The lowest BCUT2D eigenvalue weighted by Gasteiger charge is -2.14. The molecule has 0 unspecified atom stereocenters. The van der Waals surface area contributed by atoms with Gasteiger partial charge in [0.1, 0.15) is 0 Å². The van der Waals surface area contributed by atoms with Crippen molar-refractivity contribution in [3.05, 3.63) is 84.3 Å². The summed E-state index contributed by atoms with van der Waals surface area (Å²) in [4.78, 5) is 24.4. The van der Waals surface area contributed by atoms with E-state index in [1.807, 2.05) is 0 Å².